The number of nitrogens with one attached hydrogen (secondary N) is 1. The number of nitrogens with zero attached hydrogens (tertiary/aromatic N) is 1. The van der Waals surface area contributed by atoms with E-state index in [1.54, 1.807) is 0 Å². The van der Waals surface area contributed by atoms with E-state index in [1.165, 1.54) is 4.90 Å². The molecule has 64 valence electrons. The van der Waals surface area contributed by atoms with Crippen molar-refractivity contribution >= 4 is 6.09 Å². The summed E-state index contributed by atoms with van der Waals surface area (Å²) in [6.07, 6.45) is -0.813. The molecular weight excluding hydrogens is 144 g/mol. The first kappa shape index (κ1) is 8.33. The molecule has 0 aromatic heterocycles. The van der Waals surface area contributed by atoms with Crippen LogP contribution < -0.4 is 5.32 Å². The molecule has 4 heteroatoms. The molecule has 2 atom stereocenters. The minimum Gasteiger partial charge on any atom is -0.465 e. The van der Waals surface area contributed by atoms with Crippen LogP contribution in [0.2, 0.25) is 0 Å². The fourth-order valence-electron chi connectivity index (χ4n) is 1.51. The minimum atomic E-state index is -0.813. The van der Waals surface area contributed by atoms with Gasteiger partial charge in [0.15, 0.2) is 0 Å². The van der Waals surface area contributed by atoms with E-state index < -0.39 is 6.09 Å². The highest BCUT2D eigenvalue weighted by Gasteiger charge is 2.27. The van der Waals surface area contributed by atoms with Gasteiger partial charge in [-0.2, -0.15) is 0 Å². The summed E-state index contributed by atoms with van der Waals surface area (Å²) in [4.78, 5) is 12.2. The van der Waals surface area contributed by atoms with E-state index in [0.29, 0.717) is 0 Å². The first-order chi connectivity index (χ1) is 5.13. The summed E-state index contributed by atoms with van der Waals surface area (Å²) < 4.78 is 0. The lowest BCUT2D eigenvalue weighted by atomic mass is 10.1. The van der Waals surface area contributed by atoms with E-state index in [9.17, 15) is 4.79 Å². The first-order valence-electron chi connectivity index (χ1n) is 3.85. The summed E-state index contributed by atoms with van der Waals surface area (Å²) in [5, 5.41) is 11.9. The first-order valence-corrected chi connectivity index (χ1v) is 3.85. The summed E-state index contributed by atoms with van der Waals surface area (Å²) in [5.41, 5.74) is 0. The van der Waals surface area contributed by atoms with Crippen LogP contribution in [0, 0.1) is 0 Å². The molecule has 0 unspecified atom stereocenters. The Morgan fingerprint density at radius 1 is 1.45 bits per heavy atom. The zero-order valence-electron chi connectivity index (χ0n) is 6.87. The molecule has 1 saturated heterocycles. The van der Waals surface area contributed by atoms with Gasteiger partial charge in [-0.3, -0.25) is 0 Å². The van der Waals surface area contributed by atoms with Crippen molar-refractivity contribution in [2.24, 2.45) is 0 Å². The Labute approximate surface area is 66.2 Å². The molecule has 11 heavy (non-hydrogen) atoms. The Morgan fingerprint density at radius 2 is 1.91 bits per heavy atom. The summed E-state index contributed by atoms with van der Waals surface area (Å²) in [6.45, 7) is 5.35. The van der Waals surface area contributed by atoms with Crippen molar-refractivity contribution in [1.82, 2.24) is 10.2 Å². The average molecular weight is 158 g/mol. The van der Waals surface area contributed by atoms with Crippen LogP contribution in [-0.4, -0.2) is 41.3 Å². The molecule has 0 aromatic rings. The lowest BCUT2D eigenvalue weighted by Crippen LogP contribution is -2.56. The van der Waals surface area contributed by atoms with E-state index in [-0.39, 0.29) is 12.1 Å². The third kappa shape index (κ3) is 1.63. The number of carbonyl (C=O) groups is 1. The van der Waals surface area contributed by atoms with Crippen molar-refractivity contribution in [3.8, 4) is 0 Å². The lowest BCUT2D eigenvalue weighted by Gasteiger charge is -2.37. The van der Waals surface area contributed by atoms with Crippen molar-refractivity contribution < 1.29 is 9.90 Å². The number of carboxylic acid groups (broad SMARTS) is 1. The predicted molar refractivity (Wildman–Crippen MR) is 41.7 cm³/mol. The fourth-order valence-corrected chi connectivity index (χ4v) is 1.51. The van der Waals surface area contributed by atoms with Gasteiger partial charge in [0.25, 0.3) is 0 Å². The van der Waals surface area contributed by atoms with Gasteiger partial charge in [0.1, 0.15) is 0 Å². The van der Waals surface area contributed by atoms with E-state index >= 15 is 0 Å². The lowest BCUT2D eigenvalue weighted by molar-refractivity contribution is 0.0911. The molecule has 1 fully saturated rings. The van der Waals surface area contributed by atoms with Crippen molar-refractivity contribution in [2.75, 3.05) is 13.1 Å². The highest BCUT2D eigenvalue weighted by atomic mass is 16.4. The molecule has 0 spiro atoms. The Balaban J connectivity index is 2.62. The van der Waals surface area contributed by atoms with Crippen molar-refractivity contribution in [2.45, 2.75) is 25.9 Å². The maximum absolute atomic E-state index is 10.7. The summed E-state index contributed by atoms with van der Waals surface area (Å²) in [5.74, 6) is 0. The zero-order valence-corrected chi connectivity index (χ0v) is 6.87. The second kappa shape index (κ2) is 3.09. The van der Waals surface area contributed by atoms with Crippen molar-refractivity contribution in [1.29, 1.82) is 0 Å². The van der Waals surface area contributed by atoms with Gasteiger partial charge in [0.2, 0.25) is 0 Å². The minimum absolute atomic E-state index is 0.0937. The van der Waals surface area contributed by atoms with Crippen LogP contribution in [0.25, 0.3) is 0 Å². The fraction of sp³-hybridized carbons (Fsp3) is 0.857. The maximum Gasteiger partial charge on any atom is 0.407 e. The molecule has 0 aromatic carbocycles. The van der Waals surface area contributed by atoms with Gasteiger partial charge in [-0.05, 0) is 13.8 Å². The molecule has 2 N–H and O–H groups in total. The van der Waals surface area contributed by atoms with Crippen LogP contribution in [0.5, 0.6) is 0 Å². The van der Waals surface area contributed by atoms with Gasteiger partial charge in [0, 0.05) is 25.2 Å². The normalized spacial score (nSPS) is 32.0. The Kier molecular flexibility index (Phi) is 2.34. The molecular formula is C7H14N2O2. The number of piperazine rings is 1. The van der Waals surface area contributed by atoms with Crippen LogP contribution in [0.1, 0.15) is 13.8 Å². The van der Waals surface area contributed by atoms with Gasteiger partial charge in [0.05, 0.1) is 0 Å². The Hall–Kier alpha value is -0.770. The SMILES string of the molecule is C[C@@H]1CNC[C@H](C)N1C(=O)O. The average Bonchev–Trinajstić information content (AvgIpc) is 1.85. The second-order valence-electron chi connectivity index (χ2n) is 3.05. The van der Waals surface area contributed by atoms with Crippen LogP contribution >= 0.6 is 0 Å². The molecule has 1 aliphatic heterocycles. The third-order valence-corrected chi connectivity index (χ3v) is 2.05. The second-order valence-corrected chi connectivity index (χ2v) is 3.05. The molecule has 0 saturated carbocycles. The Morgan fingerprint density at radius 3 is 2.18 bits per heavy atom. The summed E-state index contributed by atoms with van der Waals surface area (Å²) in [7, 11) is 0. The smallest absolute Gasteiger partial charge is 0.407 e. The van der Waals surface area contributed by atoms with E-state index in [0.717, 1.165) is 13.1 Å². The molecule has 1 aliphatic rings. The van der Waals surface area contributed by atoms with E-state index in [1.807, 2.05) is 13.8 Å². The third-order valence-electron chi connectivity index (χ3n) is 2.05. The van der Waals surface area contributed by atoms with E-state index in [4.69, 9.17) is 5.11 Å². The topological polar surface area (TPSA) is 52.6 Å². The Bertz CT molecular complexity index is 151. The standard InChI is InChI=1S/C7H14N2O2/c1-5-3-8-4-6(2)9(5)7(10)11/h5-6,8H,3-4H2,1-2H3,(H,10,11)/t5-,6+. The number of rotatable bonds is 0. The predicted octanol–water partition coefficient (Wildman–Crippen LogP) is 0.347. The molecule has 4 nitrogen and oxygen atoms in total. The largest absolute Gasteiger partial charge is 0.465 e. The van der Waals surface area contributed by atoms with Gasteiger partial charge in [-0.25, -0.2) is 4.79 Å². The molecule has 1 rings (SSSR count). The molecule has 0 bridgehead atoms. The molecule has 0 aliphatic carbocycles. The summed E-state index contributed by atoms with van der Waals surface area (Å²) >= 11 is 0. The maximum atomic E-state index is 10.7. The van der Waals surface area contributed by atoms with Crippen molar-refractivity contribution in [3.63, 3.8) is 0 Å². The van der Waals surface area contributed by atoms with Crippen molar-refractivity contribution in [3.05, 3.63) is 0 Å². The summed E-state index contributed by atoms with van der Waals surface area (Å²) in [6, 6.07) is 0.187. The zero-order chi connectivity index (χ0) is 8.43. The van der Waals surface area contributed by atoms with Gasteiger partial charge < -0.3 is 15.3 Å². The van der Waals surface area contributed by atoms with Crippen LogP contribution in [-0.2, 0) is 0 Å². The highest BCUT2D eigenvalue weighted by Crippen LogP contribution is 2.08. The highest BCUT2D eigenvalue weighted by molar-refractivity contribution is 5.66. The van der Waals surface area contributed by atoms with E-state index in [2.05, 4.69) is 5.32 Å². The quantitative estimate of drug-likeness (QED) is 0.534. The number of amides is 1. The molecule has 1 amide bonds. The molecule has 0 radical (unpaired) electrons. The van der Waals surface area contributed by atoms with Gasteiger partial charge >= 0.3 is 6.09 Å². The van der Waals surface area contributed by atoms with Gasteiger partial charge in [-0.1, -0.05) is 0 Å². The van der Waals surface area contributed by atoms with Crippen LogP contribution in [0.3, 0.4) is 0 Å². The van der Waals surface area contributed by atoms with Gasteiger partial charge in [-0.15, -0.1) is 0 Å². The monoisotopic (exact) mass is 158 g/mol. The van der Waals surface area contributed by atoms with Crippen LogP contribution in [0.4, 0.5) is 4.79 Å². The number of hydrogen-bond donors (Lipinski definition) is 2. The number of hydrogen-bond acceptors (Lipinski definition) is 2. The van der Waals surface area contributed by atoms with Crippen LogP contribution in [0.15, 0.2) is 0 Å². The molecule has 1 heterocycles.